The van der Waals surface area contributed by atoms with Gasteiger partial charge in [0.15, 0.2) is 10.3 Å². The average molecular weight is 220 g/mol. The molecule has 0 spiro atoms. The number of hydrogen-bond donors (Lipinski definition) is 0. The Kier molecular flexibility index (Phi) is 5.27. The van der Waals surface area contributed by atoms with E-state index in [-0.39, 0.29) is 0 Å². The molecule has 0 heterocycles. The summed E-state index contributed by atoms with van der Waals surface area (Å²) in [5, 5.41) is 1.65. The zero-order valence-electron chi connectivity index (χ0n) is 9.19. The van der Waals surface area contributed by atoms with E-state index < -0.39 is 11.2 Å². The zero-order valence-corrected chi connectivity index (χ0v) is 10.0. The van der Waals surface area contributed by atoms with Crippen molar-refractivity contribution in [1.29, 1.82) is 0 Å². The summed E-state index contributed by atoms with van der Waals surface area (Å²) in [7, 11) is 0. The lowest BCUT2D eigenvalue weighted by Crippen LogP contribution is -1.94. The van der Waals surface area contributed by atoms with Crippen molar-refractivity contribution < 1.29 is 4.55 Å². The Bertz CT molecular complexity index is 344. The lowest BCUT2D eigenvalue weighted by molar-refractivity contribution is 0.603. The smallest absolute Gasteiger partial charge is 0.165 e. The Labute approximate surface area is 94.7 Å². The number of hydrogen-bond acceptors (Lipinski definition) is 1. The summed E-state index contributed by atoms with van der Waals surface area (Å²) in [6.45, 7) is 4.18. The van der Waals surface area contributed by atoms with Crippen LogP contribution in [0.5, 0.6) is 0 Å². The van der Waals surface area contributed by atoms with Crippen molar-refractivity contribution in [2.24, 2.45) is 0 Å². The molecule has 0 saturated carbocycles. The largest absolute Gasteiger partial charge is 0.606 e. The summed E-state index contributed by atoms with van der Waals surface area (Å²) >= 11 is -1.06. The van der Waals surface area contributed by atoms with Gasteiger partial charge in [-0.15, -0.1) is 0 Å². The maximum Gasteiger partial charge on any atom is 0.165 e. The molecule has 1 atom stereocenters. The standard InChI is InChI=1S/C13H16OS/c1-3-12(4-2)10-11-15(14)13-8-6-5-7-9-13/h5-9,11H,3-4H2,1-2H3. The molecule has 0 bridgehead atoms. The molecular formula is C13H16OS. The van der Waals surface area contributed by atoms with Crippen molar-refractivity contribution in [3.63, 3.8) is 0 Å². The fourth-order valence-electron chi connectivity index (χ4n) is 1.21. The quantitative estimate of drug-likeness (QED) is 0.561. The monoisotopic (exact) mass is 220 g/mol. The molecule has 1 aromatic carbocycles. The normalized spacial score (nSPS) is 11.7. The first-order valence-corrected chi connectivity index (χ1v) is 6.39. The maximum atomic E-state index is 11.8. The minimum atomic E-state index is -1.06. The predicted molar refractivity (Wildman–Crippen MR) is 65.0 cm³/mol. The molecule has 2 heteroatoms. The molecule has 1 nitrogen and oxygen atoms in total. The van der Waals surface area contributed by atoms with E-state index in [1.54, 1.807) is 5.41 Å². The van der Waals surface area contributed by atoms with E-state index in [0.717, 1.165) is 17.7 Å². The second kappa shape index (κ2) is 6.52. The van der Waals surface area contributed by atoms with Crippen LogP contribution in [0.1, 0.15) is 26.7 Å². The van der Waals surface area contributed by atoms with E-state index in [1.807, 2.05) is 30.3 Å². The van der Waals surface area contributed by atoms with Crippen LogP contribution in [0.3, 0.4) is 0 Å². The van der Waals surface area contributed by atoms with Crippen molar-refractivity contribution >= 4 is 11.2 Å². The van der Waals surface area contributed by atoms with Crippen LogP contribution in [0.25, 0.3) is 0 Å². The van der Waals surface area contributed by atoms with E-state index in [4.69, 9.17) is 0 Å². The van der Waals surface area contributed by atoms with E-state index in [0.29, 0.717) is 0 Å². The van der Waals surface area contributed by atoms with Gasteiger partial charge in [-0.1, -0.05) is 37.8 Å². The molecule has 0 aliphatic rings. The van der Waals surface area contributed by atoms with E-state index >= 15 is 0 Å². The Morgan fingerprint density at radius 3 is 2.40 bits per heavy atom. The molecule has 1 rings (SSSR count). The van der Waals surface area contributed by atoms with Gasteiger partial charge in [-0.3, -0.25) is 0 Å². The lowest BCUT2D eigenvalue weighted by Gasteiger charge is -2.02. The van der Waals surface area contributed by atoms with Crippen molar-refractivity contribution in [3.05, 3.63) is 47.0 Å². The predicted octanol–water partition coefficient (Wildman–Crippen LogP) is 3.65. The Hall–Kier alpha value is -0.950. The fourth-order valence-corrected chi connectivity index (χ4v) is 2.05. The summed E-state index contributed by atoms with van der Waals surface area (Å²) in [6.07, 6.45) is 1.94. The highest BCUT2D eigenvalue weighted by Gasteiger charge is 2.04. The molecule has 0 aliphatic carbocycles. The maximum absolute atomic E-state index is 11.8. The molecule has 0 aromatic heterocycles. The van der Waals surface area contributed by atoms with Gasteiger partial charge in [0.1, 0.15) is 0 Å². The minimum Gasteiger partial charge on any atom is -0.606 e. The summed E-state index contributed by atoms with van der Waals surface area (Å²) < 4.78 is 11.8. The van der Waals surface area contributed by atoms with Gasteiger partial charge >= 0.3 is 0 Å². The molecule has 0 saturated heterocycles. The third kappa shape index (κ3) is 3.96. The molecule has 0 N–H and O–H groups in total. The second-order valence-electron chi connectivity index (χ2n) is 3.18. The van der Waals surface area contributed by atoms with Crippen molar-refractivity contribution in [1.82, 2.24) is 0 Å². The fraction of sp³-hybridized carbons (Fsp3) is 0.308. The topological polar surface area (TPSA) is 23.1 Å². The molecule has 1 aromatic rings. The molecule has 15 heavy (non-hydrogen) atoms. The highest BCUT2D eigenvalue weighted by Crippen LogP contribution is 2.11. The first-order chi connectivity index (χ1) is 7.27. The van der Waals surface area contributed by atoms with Gasteiger partial charge in [-0.2, -0.15) is 0 Å². The number of rotatable bonds is 4. The second-order valence-corrected chi connectivity index (χ2v) is 4.49. The Balaban J connectivity index is 2.79. The van der Waals surface area contributed by atoms with E-state index in [9.17, 15) is 4.55 Å². The third-order valence-electron chi connectivity index (χ3n) is 2.20. The van der Waals surface area contributed by atoms with Gasteiger partial charge in [0.25, 0.3) is 0 Å². The lowest BCUT2D eigenvalue weighted by atomic mass is 10.2. The van der Waals surface area contributed by atoms with Crippen LogP contribution in [0.2, 0.25) is 0 Å². The first kappa shape index (κ1) is 12.1. The van der Waals surface area contributed by atoms with Crippen LogP contribution in [-0.4, -0.2) is 4.55 Å². The summed E-state index contributed by atoms with van der Waals surface area (Å²) in [4.78, 5) is 0.830. The molecule has 0 fully saturated rings. The van der Waals surface area contributed by atoms with E-state index in [1.165, 1.54) is 5.57 Å². The Morgan fingerprint density at radius 1 is 1.27 bits per heavy atom. The summed E-state index contributed by atoms with van der Waals surface area (Å²) in [5.74, 6) is 0. The van der Waals surface area contributed by atoms with Crippen molar-refractivity contribution in [2.45, 2.75) is 31.6 Å². The van der Waals surface area contributed by atoms with Crippen LogP contribution < -0.4 is 0 Å². The first-order valence-electron chi connectivity index (χ1n) is 5.18. The van der Waals surface area contributed by atoms with Gasteiger partial charge in [-0.25, -0.2) is 0 Å². The summed E-state index contributed by atoms with van der Waals surface area (Å²) in [5.41, 5.74) is 4.32. The molecule has 0 aliphatic heterocycles. The van der Waals surface area contributed by atoms with Gasteiger partial charge in [-0.05, 0) is 30.5 Å². The number of allylic oxidation sites excluding steroid dienone is 1. The summed E-state index contributed by atoms with van der Waals surface area (Å²) in [6, 6.07) is 9.44. The van der Waals surface area contributed by atoms with Crippen molar-refractivity contribution in [2.75, 3.05) is 0 Å². The average Bonchev–Trinajstić information content (AvgIpc) is 2.31. The van der Waals surface area contributed by atoms with E-state index in [2.05, 4.69) is 19.6 Å². The highest BCUT2D eigenvalue weighted by molar-refractivity contribution is 7.94. The molecule has 0 radical (unpaired) electrons. The minimum absolute atomic E-state index is 0.830. The SMILES string of the molecule is CCC(=C=C[S+]([O-])c1ccccc1)CC. The van der Waals surface area contributed by atoms with Crippen LogP contribution in [0.15, 0.2) is 51.9 Å². The van der Waals surface area contributed by atoms with Gasteiger partial charge in [0.2, 0.25) is 0 Å². The molecule has 80 valence electrons. The molecule has 1 unspecified atom stereocenters. The van der Waals surface area contributed by atoms with Crippen LogP contribution in [-0.2, 0) is 11.2 Å². The van der Waals surface area contributed by atoms with Gasteiger partial charge in [0, 0.05) is 11.2 Å². The third-order valence-corrected chi connectivity index (χ3v) is 3.27. The van der Waals surface area contributed by atoms with Crippen LogP contribution in [0, 0.1) is 0 Å². The molecular weight excluding hydrogens is 204 g/mol. The number of benzene rings is 1. The highest BCUT2D eigenvalue weighted by atomic mass is 32.2. The van der Waals surface area contributed by atoms with Gasteiger partial charge in [0.05, 0.1) is 0 Å². The van der Waals surface area contributed by atoms with Crippen LogP contribution >= 0.6 is 0 Å². The Morgan fingerprint density at radius 2 is 1.87 bits per heavy atom. The molecule has 0 amide bonds. The van der Waals surface area contributed by atoms with Crippen LogP contribution in [0.4, 0.5) is 0 Å². The van der Waals surface area contributed by atoms with Crippen molar-refractivity contribution in [3.8, 4) is 0 Å². The zero-order chi connectivity index (χ0) is 11.1. The van der Waals surface area contributed by atoms with Gasteiger partial charge < -0.3 is 4.55 Å².